The molecule has 3 aromatic rings. The van der Waals surface area contributed by atoms with Gasteiger partial charge in [-0.1, -0.05) is 29.8 Å². The molecule has 2 heterocycles. The summed E-state index contributed by atoms with van der Waals surface area (Å²) >= 11 is 0. The largest absolute Gasteiger partial charge is 0.497 e. The van der Waals surface area contributed by atoms with E-state index in [9.17, 15) is 9.59 Å². The van der Waals surface area contributed by atoms with Crippen LogP contribution in [0.15, 0.2) is 70.4 Å². The number of amides is 1. The standard InChI is InChI=1S/C24H22N2O5/c1-16-5-7-17(8-6-16)20-13-21(23-4-3-11-30-23)26(25-20)24(28)15-31-22-10-9-19(29-2)12-18(22)14-27/h3-12,14,21H,13,15H2,1-2H3. The van der Waals surface area contributed by atoms with Crippen molar-refractivity contribution in [3.8, 4) is 11.5 Å². The molecular weight excluding hydrogens is 396 g/mol. The Hall–Kier alpha value is -3.87. The quantitative estimate of drug-likeness (QED) is 0.538. The molecule has 0 radical (unpaired) electrons. The van der Waals surface area contributed by atoms with Gasteiger partial charge in [-0.15, -0.1) is 0 Å². The van der Waals surface area contributed by atoms with Crippen LogP contribution in [0.25, 0.3) is 0 Å². The molecule has 1 aliphatic heterocycles. The Bertz CT molecular complexity index is 1100. The molecule has 1 aliphatic rings. The van der Waals surface area contributed by atoms with Crippen molar-refractivity contribution in [3.63, 3.8) is 0 Å². The molecule has 1 atom stereocenters. The van der Waals surface area contributed by atoms with Gasteiger partial charge in [0.25, 0.3) is 5.91 Å². The number of rotatable bonds is 7. The van der Waals surface area contributed by atoms with Crippen molar-refractivity contribution >= 4 is 17.9 Å². The van der Waals surface area contributed by atoms with Crippen molar-refractivity contribution in [2.24, 2.45) is 5.10 Å². The number of furan rings is 1. The van der Waals surface area contributed by atoms with Gasteiger partial charge in [0.15, 0.2) is 12.9 Å². The van der Waals surface area contributed by atoms with Crippen LogP contribution in [0, 0.1) is 6.92 Å². The van der Waals surface area contributed by atoms with Gasteiger partial charge in [-0.3, -0.25) is 9.59 Å². The molecule has 0 saturated heterocycles. The molecule has 0 spiro atoms. The summed E-state index contributed by atoms with van der Waals surface area (Å²) < 4.78 is 16.3. The van der Waals surface area contributed by atoms with Crippen LogP contribution >= 0.6 is 0 Å². The summed E-state index contributed by atoms with van der Waals surface area (Å²) in [5.41, 5.74) is 3.21. The summed E-state index contributed by atoms with van der Waals surface area (Å²) in [5.74, 6) is 1.15. The molecule has 7 heteroatoms. The highest BCUT2D eigenvalue weighted by Gasteiger charge is 2.35. The zero-order valence-corrected chi connectivity index (χ0v) is 17.3. The van der Waals surface area contributed by atoms with E-state index in [0.717, 1.165) is 16.8 Å². The van der Waals surface area contributed by atoms with Gasteiger partial charge in [0.05, 0.1) is 24.6 Å². The molecule has 158 valence electrons. The number of carbonyl (C=O) groups excluding carboxylic acids is 2. The Kier molecular flexibility index (Phi) is 5.84. The predicted molar refractivity (Wildman–Crippen MR) is 115 cm³/mol. The molecule has 7 nitrogen and oxygen atoms in total. The molecule has 1 aromatic heterocycles. The second-order valence-electron chi connectivity index (χ2n) is 7.20. The number of hydrazone groups is 1. The summed E-state index contributed by atoms with van der Waals surface area (Å²) in [5, 5.41) is 5.98. The van der Waals surface area contributed by atoms with E-state index < -0.39 is 0 Å². The zero-order chi connectivity index (χ0) is 21.8. The molecule has 0 fully saturated rings. The van der Waals surface area contributed by atoms with Crippen LogP contribution in [-0.4, -0.2) is 36.6 Å². The fourth-order valence-electron chi connectivity index (χ4n) is 3.45. The molecule has 0 aliphatic carbocycles. The fourth-order valence-corrected chi connectivity index (χ4v) is 3.45. The molecular formula is C24H22N2O5. The maximum absolute atomic E-state index is 13.0. The van der Waals surface area contributed by atoms with Crippen molar-refractivity contribution in [3.05, 3.63) is 83.3 Å². The van der Waals surface area contributed by atoms with Gasteiger partial charge in [0.1, 0.15) is 23.3 Å². The minimum absolute atomic E-state index is 0.269. The van der Waals surface area contributed by atoms with Gasteiger partial charge >= 0.3 is 0 Å². The lowest BCUT2D eigenvalue weighted by Crippen LogP contribution is -2.31. The molecule has 0 saturated carbocycles. The number of methoxy groups -OCH3 is 1. The van der Waals surface area contributed by atoms with Gasteiger partial charge in [-0.05, 0) is 42.8 Å². The number of aryl methyl sites for hydroxylation is 1. The third-order valence-electron chi connectivity index (χ3n) is 5.12. The van der Waals surface area contributed by atoms with E-state index in [2.05, 4.69) is 5.10 Å². The van der Waals surface area contributed by atoms with Crippen LogP contribution in [0.4, 0.5) is 0 Å². The van der Waals surface area contributed by atoms with Crippen LogP contribution in [-0.2, 0) is 4.79 Å². The minimum atomic E-state index is -0.358. The Morgan fingerprint density at radius 1 is 1.23 bits per heavy atom. The molecule has 4 rings (SSSR count). The second kappa shape index (κ2) is 8.87. The van der Waals surface area contributed by atoms with Gasteiger partial charge in [-0.25, -0.2) is 5.01 Å². The van der Waals surface area contributed by atoms with E-state index >= 15 is 0 Å². The SMILES string of the molecule is COc1ccc(OCC(=O)N2N=C(c3ccc(C)cc3)CC2c2ccco2)c(C=O)c1. The topological polar surface area (TPSA) is 81.3 Å². The maximum atomic E-state index is 13.0. The third-order valence-corrected chi connectivity index (χ3v) is 5.12. The highest BCUT2D eigenvalue weighted by atomic mass is 16.5. The fraction of sp³-hybridized carbons (Fsp3) is 0.208. The number of ether oxygens (including phenoxy) is 2. The van der Waals surface area contributed by atoms with Gasteiger partial charge < -0.3 is 13.9 Å². The first-order valence-corrected chi connectivity index (χ1v) is 9.85. The number of aldehydes is 1. The van der Waals surface area contributed by atoms with E-state index in [1.165, 1.54) is 12.1 Å². The molecule has 1 unspecified atom stereocenters. The van der Waals surface area contributed by atoms with Crippen molar-refractivity contribution in [2.45, 2.75) is 19.4 Å². The maximum Gasteiger partial charge on any atom is 0.281 e. The van der Waals surface area contributed by atoms with Crippen molar-refractivity contribution in [1.82, 2.24) is 5.01 Å². The molecule has 1 amide bonds. The lowest BCUT2D eigenvalue weighted by molar-refractivity contribution is -0.135. The molecule has 2 aromatic carbocycles. The van der Waals surface area contributed by atoms with Crippen molar-refractivity contribution in [1.29, 1.82) is 0 Å². The Morgan fingerprint density at radius 3 is 2.71 bits per heavy atom. The van der Waals surface area contributed by atoms with E-state index in [0.29, 0.717) is 35.5 Å². The van der Waals surface area contributed by atoms with Crippen LogP contribution in [0.5, 0.6) is 11.5 Å². The molecule has 0 bridgehead atoms. The lowest BCUT2D eigenvalue weighted by atomic mass is 10.0. The highest BCUT2D eigenvalue weighted by molar-refractivity contribution is 6.03. The van der Waals surface area contributed by atoms with Crippen molar-refractivity contribution < 1.29 is 23.5 Å². The van der Waals surface area contributed by atoms with E-state index in [4.69, 9.17) is 13.9 Å². The van der Waals surface area contributed by atoms with Gasteiger partial charge in [-0.2, -0.15) is 5.10 Å². The Morgan fingerprint density at radius 2 is 2.03 bits per heavy atom. The summed E-state index contributed by atoms with van der Waals surface area (Å²) in [6.45, 7) is 1.75. The molecule has 0 N–H and O–H groups in total. The summed E-state index contributed by atoms with van der Waals surface area (Å²) in [6, 6.07) is 16.1. The number of benzene rings is 2. The van der Waals surface area contributed by atoms with Crippen LogP contribution in [0.2, 0.25) is 0 Å². The van der Waals surface area contributed by atoms with Crippen LogP contribution in [0.3, 0.4) is 0 Å². The third kappa shape index (κ3) is 4.35. The number of nitrogens with zero attached hydrogens (tertiary/aromatic N) is 2. The monoisotopic (exact) mass is 418 g/mol. The predicted octanol–water partition coefficient (Wildman–Crippen LogP) is 4.17. The van der Waals surface area contributed by atoms with Crippen LogP contribution < -0.4 is 9.47 Å². The lowest BCUT2D eigenvalue weighted by Gasteiger charge is -2.20. The summed E-state index contributed by atoms with van der Waals surface area (Å²) in [7, 11) is 1.51. The van der Waals surface area contributed by atoms with Crippen LogP contribution in [0.1, 0.15) is 39.7 Å². The Balaban J connectivity index is 1.55. The number of hydrogen-bond donors (Lipinski definition) is 0. The number of hydrogen-bond acceptors (Lipinski definition) is 6. The first-order valence-electron chi connectivity index (χ1n) is 9.85. The minimum Gasteiger partial charge on any atom is -0.497 e. The van der Waals surface area contributed by atoms with E-state index in [1.54, 1.807) is 30.5 Å². The normalized spacial score (nSPS) is 15.5. The zero-order valence-electron chi connectivity index (χ0n) is 17.3. The summed E-state index contributed by atoms with van der Waals surface area (Å²) in [6.07, 6.45) is 2.77. The van der Waals surface area contributed by atoms with Gasteiger partial charge in [0.2, 0.25) is 0 Å². The summed E-state index contributed by atoms with van der Waals surface area (Å²) in [4.78, 5) is 24.4. The molecule has 31 heavy (non-hydrogen) atoms. The van der Waals surface area contributed by atoms with Crippen molar-refractivity contribution in [2.75, 3.05) is 13.7 Å². The number of carbonyl (C=O) groups is 2. The second-order valence-corrected chi connectivity index (χ2v) is 7.20. The first kappa shape index (κ1) is 20.4. The van der Waals surface area contributed by atoms with E-state index in [1.807, 2.05) is 37.3 Å². The average molecular weight is 418 g/mol. The average Bonchev–Trinajstić information content (AvgIpc) is 3.48. The Labute approximate surface area is 179 Å². The smallest absolute Gasteiger partial charge is 0.281 e. The van der Waals surface area contributed by atoms with E-state index in [-0.39, 0.29) is 18.6 Å². The first-order chi connectivity index (χ1) is 15.1. The van der Waals surface area contributed by atoms with Gasteiger partial charge in [0, 0.05) is 6.42 Å². The highest BCUT2D eigenvalue weighted by Crippen LogP contribution is 2.33.